The summed E-state index contributed by atoms with van der Waals surface area (Å²) in [4.78, 5) is 23.7. The van der Waals surface area contributed by atoms with E-state index in [0.29, 0.717) is 25.7 Å². The Balaban J connectivity index is 2.45. The van der Waals surface area contributed by atoms with Gasteiger partial charge in [0.15, 0.2) is 0 Å². The molecule has 0 aromatic heterocycles. The quantitative estimate of drug-likeness (QED) is 0.558. The molecule has 1 rings (SSSR count). The lowest BCUT2D eigenvalue weighted by atomic mass is 10.1. The molecular formula is C17H22N2O4. The molecule has 0 heterocycles. The Morgan fingerprint density at radius 2 is 1.96 bits per heavy atom. The third-order valence-corrected chi connectivity index (χ3v) is 3.11. The van der Waals surface area contributed by atoms with Crippen LogP contribution in [0.1, 0.15) is 38.2 Å². The monoisotopic (exact) mass is 318 g/mol. The van der Waals surface area contributed by atoms with Crippen molar-refractivity contribution in [1.82, 2.24) is 5.32 Å². The van der Waals surface area contributed by atoms with E-state index in [1.54, 1.807) is 6.92 Å². The molecule has 23 heavy (non-hydrogen) atoms. The maximum absolute atomic E-state index is 11.9. The molecule has 1 amide bonds. The normalized spacial score (nSPS) is 11.1. The summed E-state index contributed by atoms with van der Waals surface area (Å²) in [5.74, 6) is -0.485. The Kier molecular flexibility index (Phi) is 8.91. The van der Waals surface area contributed by atoms with Crippen LogP contribution in [0.3, 0.4) is 0 Å². The number of nitrogens with one attached hydrogen (secondary N) is 1. The predicted octanol–water partition coefficient (Wildman–Crippen LogP) is 2.93. The molecule has 1 atom stereocenters. The average Bonchev–Trinajstić information content (AvgIpc) is 2.57. The summed E-state index contributed by atoms with van der Waals surface area (Å²) in [7, 11) is 0. The Morgan fingerprint density at radius 1 is 1.22 bits per heavy atom. The molecule has 0 spiro atoms. The fourth-order valence-corrected chi connectivity index (χ4v) is 1.95. The van der Waals surface area contributed by atoms with Gasteiger partial charge < -0.3 is 14.8 Å². The molecule has 0 bridgehead atoms. The minimum Gasteiger partial charge on any atom is -0.464 e. The van der Waals surface area contributed by atoms with Crippen LogP contribution in [0.2, 0.25) is 0 Å². The van der Waals surface area contributed by atoms with Crippen LogP contribution in [0.5, 0.6) is 0 Å². The van der Waals surface area contributed by atoms with Crippen LogP contribution in [-0.4, -0.2) is 24.7 Å². The minimum absolute atomic E-state index is 0.136. The van der Waals surface area contributed by atoms with Gasteiger partial charge in [0, 0.05) is 6.42 Å². The van der Waals surface area contributed by atoms with Gasteiger partial charge in [-0.3, -0.25) is 0 Å². The van der Waals surface area contributed by atoms with Crippen molar-refractivity contribution in [2.45, 2.75) is 45.3 Å². The van der Waals surface area contributed by atoms with Gasteiger partial charge in [0.1, 0.15) is 12.6 Å². The number of esters is 1. The van der Waals surface area contributed by atoms with Gasteiger partial charge in [-0.25, -0.2) is 9.59 Å². The number of rotatable bonds is 9. The van der Waals surface area contributed by atoms with Crippen LogP contribution >= 0.6 is 0 Å². The zero-order valence-electron chi connectivity index (χ0n) is 13.3. The number of unbranched alkanes of at least 4 members (excludes halogenated alkanes) is 2. The van der Waals surface area contributed by atoms with E-state index in [-0.39, 0.29) is 13.2 Å². The molecule has 1 aromatic rings. The van der Waals surface area contributed by atoms with Crippen LogP contribution in [0.25, 0.3) is 0 Å². The van der Waals surface area contributed by atoms with E-state index in [9.17, 15) is 9.59 Å². The van der Waals surface area contributed by atoms with Crippen LogP contribution < -0.4 is 5.32 Å². The van der Waals surface area contributed by atoms with E-state index < -0.39 is 18.1 Å². The van der Waals surface area contributed by atoms with E-state index >= 15 is 0 Å². The number of ether oxygens (including phenoxy) is 2. The minimum atomic E-state index is -0.753. The highest BCUT2D eigenvalue weighted by molar-refractivity contribution is 5.81. The molecule has 0 radical (unpaired) electrons. The summed E-state index contributed by atoms with van der Waals surface area (Å²) < 4.78 is 10.1. The van der Waals surface area contributed by atoms with Gasteiger partial charge in [-0.2, -0.15) is 5.26 Å². The summed E-state index contributed by atoms with van der Waals surface area (Å²) in [5.41, 5.74) is 0.865. The number of nitriles is 1. The van der Waals surface area contributed by atoms with Crippen molar-refractivity contribution in [3.63, 3.8) is 0 Å². The number of hydrogen-bond donors (Lipinski definition) is 1. The van der Waals surface area contributed by atoms with Crippen LogP contribution in [0, 0.1) is 11.3 Å². The second-order valence-corrected chi connectivity index (χ2v) is 4.91. The van der Waals surface area contributed by atoms with Crippen molar-refractivity contribution in [2.75, 3.05) is 6.61 Å². The largest absolute Gasteiger partial charge is 0.464 e. The molecule has 0 aliphatic heterocycles. The standard InChI is InChI=1S/C17H22N2O4/c1-2-22-16(20)15(11-7-4-8-12-18)19-17(21)23-13-14-9-5-3-6-10-14/h3,5-6,9-10,15H,2,4,7-8,11,13H2,1H3,(H,19,21)/t15-/m0/s1. The molecule has 6 nitrogen and oxygen atoms in total. The smallest absolute Gasteiger partial charge is 0.408 e. The van der Waals surface area contributed by atoms with Gasteiger partial charge in [0.05, 0.1) is 12.7 Å². The number of benzene rings is 1. The Labute approximate surface area is 136 Å². The average molecular weight is 318 g/mol. The summed E-state index contributed by atoms with van der Waals surface area (Å²) in [5, 5.41) is 11.0. The number of amides is 1. The van der Waals surface area contributed by atoms with Crippen molar-refractivity contribution >= 4 is 12.1 Å². The summed E-state index contributed by atoms with van der Waals surface area (Å²) in [6.07, 6.45) is 1.50. The zero-order chi connectivity index (χ0) is 16.9. The van der Waals surface area contributed by atoms with Crippen molar-refractivity contribution in [3.05, 3.63) is 35.9 Å². The second-order valence-electron chi connectivity index (χ2n) is 4.91. The van der Waals surface area contributed by atoms with Gasteiger partial charge in [-0.15, -0.1) is 0 Å². The van der Waals surface area contributed by atoms with E-state index in [4.69, 9.17) is 14.7 Å². The lowest BCUT2D eigenvalue weighted by Crippen LogP contribution is -2.42. The second kappa shape index (κ2) is 11.1. The van der Waals surface area contributed by atoms with Crippen LogP contribution in [0.4, 0.5) is 4.79 Å². The van der Waals surface area contributed by atoms with Crippen molar-refractivity contribution in [2.24, 2.45) is 0 Å². The first-order valence-electron chi connectivity index (χ1n) is 7.68. The lowest BCUT2D eigenvalue weighted by molar-refractivity contribution is -0.145. The fourth-order valence-electron chi connectivity index (χ4n) is 1.95. The van der Waals surface area contributed by atoms with Gasteiger partial charge in [0.25, 0.3) is 0 Å². The van der Waals surface area contributed by atoms with E-state index in [1.807, 2.05) is 36.4 Å². The molecule has 1 N–H and O–H groups in total. The fraction of sp³-hybridized carbons (Fsp3) is 0.471. The number of carbonyl (C=O) groups is 2. The highest BCUT2D eigenvalue weighted by Gasteiger charge is 2.22. The first-order chi connectivity index (χ1) is 11.2. The van der Waals surface area contributed by atoms with Crippen molar-refractivity contribution < 1.29 is 19.1 Å². The van der Waals surface area contributed by atoms with Gasteiger partial charge in [-0.1, -0.05) is 30.3 Å². The van der Waals surface area contributed by atoms with E-state index in [2.05, 4.69) is 5.32 Å². The molecule has 0 fully saturated rings. The first-order valence-corrected chi connectivity index (χ1v) is 7.68. The Morgan fingerprint density at radius 3 is 2.61 bits per heavy atom. The molecule has 0 saturated heterocycles. The zero-order valence-corrected chi connectivity index (χ0v) is 13.3. The van der Waals surface area contributed by atoms with Crippen LogP contribution in [-0.2, 0) is 20.9 Å². The summed E-state index contributed by atoms with van der Waals surface area (Å²) in [6.45, 7) is 2.09. The number of nitrogens with zero attached hydrogens (tertiary/aromatic N) is 1. The highest BCUT2D eigenvalue weighted by atomic mass is 16.6. The number of hydrogen-bond acceptors (Lipinski definition) is 5. The molecule has 0 saturated carbocycles. The predicted molar refractivity (Wildman–Crippen MR) is 84.3 cm³/mol. The topological polar surface area (TPSA) is 88.4 Å². The summed E-state index contributed by atoms with van der Waals surface area (Å²) in [6, 6.07) is 10.6. The third kappa shape index (κ3) is 7.86. The van der Waals surface area contributed by atoms with Gasteiger partial charge >= 0.3 is 12.1 Å². The molecular weight excluding hydrogens is 296 g/mol. The molecule has 6 heteroatoms. The van der Waals surface area contributed by atoms with E-state index in [1.165, 1.54) is 0 Å². The SMILES string of the molecule is CCOC(=O)[C@H](CCCCC#N)NC(=O)OCc1ccccc1. The number of carbonyl (C=O) groups excluding carboxylic acids is 2. The lowest BCUT2D eigenvalue weighted by Gasteiger charge is -2.17. The molecule has 1 aromatic carbocycles. The summed E-state index contributed by atoms with van der Waals surface area (Å²) >= 11 is 0. The van der Waals surface area contributed by atoms with Crippen molar-refractivity contribution in [1.29, 1.82) is 5.26 Å². The molecule has 124 valence electrons. The van der Waals surface area contributed by atoms with E-state index in [0.717, 1.165) is 5.56 Å². The molecule has 0 unspecified atom stereocenters. The maximum Gasteiger partial charge on any atom is 0.408 e. The number of alkyl carbamates (subject to hydrolysis) is 1. The third-order valence-electron chi connectivity index (χ3n) is 3.11. The van der Waals surface area contributed by atoms with Crippen LogP contribution in [0.15, 0.2) is 30.3 Å². The Bertz CT molecular complexity index is 525. The van der Waals surface area contributed by atoms with Gasteiger partial charge in [-0.05, 0) is 31.7 Å². The molecule has 0 aliphatic carbocycles. The highest BCUT2D eigenvalue weighted by Crippen LogP contribution is 2.07. The Hall–Kier alpha value is -2.55. The molecule has 0 aliphatic rings. The van der Waals surface area contributed by atoms with Crippen molar-refractivity contribution in [3.8, 4) is 6.07 Å². The maximum atomic E-state index is 11.9. The van der Waals surface area contributed by atoms with Gasteiger partial charge in [0.2, 0.25) is 0 Å². The first kappa shape index (κ1) is 18.5.